The number of nitrogens with one attached hydrogen (secondary N) is 2. The second-order valence-corrected chi connectivity index (χ2v) is 13.2. The minimum atomic E-state index is -0.571. The van der Waals surface area contributed by atoms with Gasteiger partial charge in [0.2, 0.25) is 0 Å². The number of methoxy groups -OCH3 is 1. The van der Waals surface area contributed by atoms with Crippen molar-refractivity contribution in [2.24, 2.45) is 10.7 Å². The van der Waals surface area contributed by atoms with Crippen LogP contribution in [0, 0.1) is 12.7 Å². The van der Waals surface area contributed by atoms with Gasteiger partial charge in [-0.1, -0.05) is 17.7 Å². The number of ether oxygens (including phenoxy) is 3. The number of nitrogens with zero attached hydrogens (tertiary/aromatic N) is 3. The number of carbonyl (C=O) groups is 2. The molecular weight excluding hydrogens is 639 g/mol. The highest BCUT2D eigenvalue weighted by atomic mass is 35.5. The van der Waals surface area contributed by atoms with Gasteiger partial charge in [-0.2, -0.15) is 5.10 Å². The Kier molecular flexibility index (Phi) is 10.4. The lowest BCUT2D eigenvalue weighted by Crippen LogP contribution is -2.42. The number of hydrogen-bond acceptors (Lipinski definition) is 8. The third-order valence-corrected chi connectivity index (χ3v) is 8.27. The summed E-state index contributed by atoms with van der Waals surface area (Å²) in [4.78, 5) is 28.3. The second-order valence-electron chi connectivity index (χ2n) is 12.8. The molecule has 48 heavy (non-hydrogen) atoms. The van der Waals surface area contributed by atoms with Crippen molar-refractivity contribution in [1.29, 1.82) is 0 Å². The number of alkyl carbamates (subject to hydrolysis) is 1. The zero-order valence-electron chi connectivity index (χ0n) is 27.6. The average molecular weight is 679 g/mol. The van der Waals surface area contributed by atoms with E-state index in [-0.39, 0.29) is 35.2 Å². The lowest BCUT2D eigenvalue weighted by Gasteiger charge is -2.31. The molecule has 4 N–H and O–H groups in total. The van der Waals surface area contributed by atoms with Crippen LogP contribution in [0.25, 0.3) is 16.6 Å². The number of amidine groups is 1. The average Bonchev–Trinajstić information content (AvgIpc) is 3.46. The van der Waals surface area contributed by atoms with Gasteiger partial charge >= 0.3 is 12.1 Å². The molecule has 0 spiro atoms. The van der Waals surface area contributed by atoms with Crippen LogP contribution in [0.5, 0.6) is 5.75 Å². The number of fused-ring (bicyclic) bond motifs is 1. The van der Waals surface area contributed by atoms with Gasteiger partial charge in [0.05, 0.1) is 40.8 Å². The number of rotatable bonds is 9. The number of nitrogens with two attached hydrogens (primary N) is 1. The summed E-state index contributed by atoms with van der Waals surface area (Å²) in [6.07, 6.45) is 6.19. The van der Waals surface area contributed by atoms with Gasteiger partial charge in [0.1, 0.15) is 23.0 Å². The predicted octanol–water partition coefficient (Wildman–Crippen LogP) is 6.94. The first-order valence-electron chi connectivity index (χ1n) is 15.7. The van der Waals surface area contributed by atoms with Crippen molar-refractivity contribution >= 4 is 46.4 Å². The van der Waals surface area contributed by atoms with Crippen LogP contribution in [0.4, 0.5) is 20.6 Å². The molecule has 5 rings (SSSR count). The van der Waals surface area contributed by atoms with E-state index < -0.39 is 23.5 Å². The minimum Gasteiger partial charge on any atom is -0.482 e. The molecule has 0 atom stereocenters. The van der Waals surface area contributed by atoms with Gasteiger partial charge in [0.15, 0.2) is 6.61 Å². The quantitative estimate of drug-likeness (QED) is 0.0982. The Morgan fingerprint density at radius 3 is 2.52 bits per heavy atom. The van der Waals surface area contributed by atoms with Gasteiger partial charge in [-0.3, -0.25) is 0 Å². The predicted molar refractivity (Wildman–Crippen MR) is 184 cm³/mol. The molecule has 1 aliphatic rings. The third kappa shape index (κ3) is 8.54. The molecular formula is C35H40ClFN6O5. The van der Waals surface area contributed by atoms with E-state index in [1.54, 1.807) is 16.8 Å². The molecule has 0 radical (unpaired) electrons. The summed E-state index contributed by atoms with van der Waals surface area (Å²) in [5.74, 6) is -0.285. The number of hydrogen-bond donors (Lipinski definition) is 3. The van der Waals surface area contributed by atoms with Crippen LogP contribution in [0.3, 0.4) is 0 Å². The molecule has 11 nitrogen and oxygen atoms in total. The minimum absolute atomic E-state index is 0.000900. The van der Waals surface area contributed by atoms with Gasteiger partial charge < -0.3 is 30.6 Å². The van der Waals surface area contributed by atoms with Crippen LogP contribution in [-0.2, 0) is 14.3 Å². The van der Waals surface area contributed by atoms with Crippen molar-refractivity contribution in [3.05, 3.63) is 76.8 Å². The van der Waals surface area contributed by atoms with Gasteiger partial charge in [-0.15, -0.1) is 0 Å². The Morgan fingerprint density at radius 2 is 1.83 bits per heavy atom. The molecule has 4 aromatic rings. The maximum absolute atomic E-state index is 14.0. The normalized spacial score (nSPS) is 16.8. The summed E-state index contributed by atoms with van der Waals surface area (Å²) in [5, 5.41) is 11.6. The van der Waals surface area contributed by atoms with Crippen molar-refractivity contribution in [3.8, 4) is 16.9 Å². The van der Waals surface area contributed by atoms with E-state index in [0.717, 1.165) is 47.9 Å². The Labute approximate surface area is 283 Å². The number of halogens is 2. The van der Waals surface area contributed by atoms with Gasteiger partial charge in [0, 0.05) is 29.9 Å². The van der Waals surface area contributed by atoms with E-state index in [0.29, 0.717) is 17.0 Å². The van der Waals surface area contributed by atoms with Crippen LogP contribution in [0.1, 0.15) is 57.6 Å². The monoisotopic (exact) mass is 678 g/mol. The fourth-order valence-electron chi connectivity index (χ4n) is 5.62. The van der Waals surface area contributed by atoms with Crippen molar-refractivity contribution in [2.75, 3.05) is 19.0 Å². The maximum atomic E-state index is 14.0. The van der Waals surface area contributed by atoms with Crippen LogP contribution in [-0.4, -0.2) is 58.9 Å². The summed E-state index contributed by atoms with van der Waals surface area (Å²) in [6.45, 7) is 7.28. The highest BCUT2D eigenvalue weighted by Crippen LogP contribution is 2.34. The topological polar surface area (TPSA) is 142 Å². The molecule has 1 amide bonds. The van der Waals surface area contributed by atoms with Crippen molar-refractivity contribution in [2.45, 2.75) is 71.1 Å². The van der Waals surface area contributed by atoms with E-state index in [1.807, 2.05) is 52.1 Å². The van der Waals surface area contributed by atoms with E-state index in [2.05, 4.69) is 25.5 Å². The molecule has 1 fully saturated rings. The number of aryl methyl sites for hydroxylation is 1. The third-order valence-electron chi connectivity index (χ3n) is 7.95. The molecule has 2 aromatic heterocycles. The van der Waals surface area contributed by atoms with E-state index in [9.17, 15) is 14.0 Å². The number of esters is 1. The van der Waals surface area contributed by atoms with Crippen LogP contribution < -0.4 is 21.1 Å². The number of benzene rings is 2. The van der Waals surface area contributed by atoms with Gasteiger partial charge in [0.25, 0.3) is 0 Å². The molecule has 0 bridgehead atoms. The summed E-state index contributed by atoms with van der Waals surface area (Å²) >= 11 is 6.31. The van der Waals surface area contributed by atoms with E-state index in [1.165, 1.54) is 25.3 Å². The Bertz CT molecular complexity index is 1850. The summed E-state index contributed by atoms with van der Waals surface area (Å²) < 4.78 is 31.5. The summed E-state index contributed by atoms with van der Waals surface area (Å²) in [7, 11) is 1.31. The SMILES string of the molecule is COC(=O)COc1ccc(-c2cc3c(N[C@H]4CC[C@H](NC(=O)OC(C)(C)C)CC4)c(/C(N)=N/c4cc(F)ccc4Cl)cnn3c2)c(C)c1. The maximum Gasteiger partial charge on any atom is 0.407 e. The fraction of sp³-hybridized carbons (Fsp3) is 0.371. The molecule has 0 unspecified atom stereocenters. The number of aromatic nitrogens is 2. The summed E-state index contributed by atoms with van der Waals surface area (Å²) in [6, 6.07) is 11.6. The van der Waals surface area contributed by atoms with Gasteiger partial charge in [-0.05, 0) is 94.8 Å². The second kappa shape index (κ2) is 14.5. The standard InChI is InChI=1S/C35H40ClFN6O5/c1-20-14-25(47-19-31(44)46-5)11-12-26(20)21-15-30-32(40-23-7-9-24(10-8-23)41-34(45)48-35(2,3)4)27(17-39-43(30)18-21)33(38)42-29-16-22(37)6-13-28(29)36/h6,11-18,23-24,40H,7-10,19H2,1-5H3,(H2,38,42)(H,41,45)/t23-,24-. The largest absolute Gasteiger partial charge is 0.482 e. The van der Waals surface area contributed by atoms with Gasteiger partial charge in [-0.25, -0.2) is 23.5 Å². The van der Waals surface area contributed by atoms with E-state index in [4.69, 9.17) is 26.8 Å². The molecule has 1 aliphatic carbocycles. The van der Waals surface area contributed by atoms with Crippen LogP contribution in [0.15, 0.2) is 59.9 Å². The number of amides is 1. The molecule has 1 saturated carbocycles. The molecule has 0 saturated heterocycles. The first-order chi connectivity index (χ1) is 22.8. The Balaban J connectivity index is 1.45. The molecule has 254 valence electrons. The number of carbonyl (C=O) groups excluding carboxylic acids is 2. The van der Waals surface area contributed by atoms with Crippen molar-refractivity contribution in [1.82, 2.24) is 14.9 Å². The lowest BCUT2D eigenvalue weighted by molar-refractivity contribution is -0.142. The molecule has 2 aromatic carbocycles. The summed E-state index contributed by atoms with van der Waals surface area (Å²) in [5.41, 5.74) is 11.0. The zero-order chi connectivity index (χ0) is 34.6. The van der Waals surface area contributed by atoms with E-state index >= 15 is 0 Å². The number of aliphatic imine (C=N–C) groups is 1. The molecule has 13 heteroatoms. The highest BCUT2D eigenvalue weighted by Gasteiger charge is 2.26. The van der Waals surface area contributed by atoms with Crippen molar-refractivity contribution < 1.29 is 28.2 Å². The fourth-order valence-corrected chi connectivity index (χ4v) is 5.78. The smallest absolute Gasteiger partial charge is 0.407 e. The Morgan fingerprint density at radius 1 is 1.10 bits per heavy atom. The lowest BCUT2D eigenvalue weighted by atomic mass is 9.91. The molecule has 0 aliphatic heterocycles. The first kappa shape index (κ1) is 34.5. The highest BCUT2D eigenvalue weighted by molar-refractivity contribution is 6.33. The Hall–Kier alpha value is -4.84. The van der Waals surface area contributed by atoms with Crippen LogP contribution in [0.2, 0.25) is 5.02 Å². The zero-order valence-corrected chi connectivity index (χ0v) is 28.4. The van der Waals surface area contributed by atoms with Crippen molar-refractivity contribution in [3.63, 3.8) is 0 Å². The first-order valence-corrected chi connectivity index (χ1v) is 16.0. The van der Waals surface area contributed by atoms with Crippen LogP contribution >= 0.6 is 11.6 Å². The molecule has 2 heterocycles. The number of anilines is 1.